The molecule has 2 rings (SSSR count). The zero-order valence-electron chi connectivity index (χ0n) is 10.8. The average molecular weight is 322 g/mol. The summed E-state index contributed by atoms with van der Waals surface area (Å²) < 4.78 is 28.3. The fourth-order valence-corrected chi connectivity index (χ4v) is 2.73. The molecule has 1 aromatic rings. The largest absolute Gasteiger partial charge is 0.394 e. The van der Waals surface area contributed by atoms with Crippen LogP contribution in [-0.4, -0.2) is 63.9 Å². The maximum atomic E-state index is 11.8. The summed E-state index contributed by atoms with van der Waals surface area (Å²) in [6.07, 6.45) is -3.99. The second-order valence-corrected chi connectivity index (χ2v) is 6.52. The molecule has 0 aromatic carbocycles. The predicted octanol–water partition coefficient (Wildman–Crippen LogP) is -3.50. The number of hydrogen-bond acceptors (Lipinski definition) is 8. The highest BCUT2D eigenvalue weighted by Crippen LogP contribution is 2.31. The van der Waals surface area contributed by atoms with Gasteiger partial charge in [-0.25, -0.2) is 13.2 Å². The van der Waals surface area contributed by atoms with Gasteiger partial charge in [-0.15, -0.1) is 0 Å². The van der Waals surface area contributed by atoms with Crippen molar-refractivity contribution in [3.63, 3.8) is 0 Å². The molecule has 0 bridgehead atoms. The van der Waals surface area contributed by atoms with Crippen molar-refractivity contribution in [2.75, 3.05) is 12.9 Å². The summed E-state index contributed by atoms with van der Waals surface area (Å²) in [5.41, 5.74) is -2.45. The molecule has 1 aromatic heterocycles. The fourth-order valence-electron chi connectivity index (χ4n) is 2.07. The van der Waals surface area contributed by atoms with Crippen LogP contribution >= 0.6 is 0 Å². The van der Waals surface area contributed by atoms with Crippen LogP contribution in [0.4, 0.5) is 0 Å². The van der Waals surface area contributed by atoms with Crippen LogP contribution < -0.4 is 11.2 Å². The Morgan fingerprint density at radius 3 is 2.43 bits per heavy atom. The molecule has 21 heavy (non-hydrogen) atoms. The number of rotatable bonds is 3. The molecule has 2 heterocycles. The number of nitrogens with one attached hydrogen (secondary N) is 1. The minimum atomic E-state index is -3.97. The summed E-state index contributed by atoms with van der Waals surface area (Å²) in [5.74, 6) is 0. The van der Waals surface area contributed by atoms with Gasteiger partial charge >= 0.3 is 5.69 Å². The lowest BCUT2D eigenvalue weighted by molar-refractivity contribution is -0.0232. The Morgan fingerprint density at radius 1 is 1.33 bits per heavy atom. The molecule has 10 nitrogen and oxygen atoms in total. The molecule has 1 fully saturated rings. The molecule has 1 aliphatic rings. The molecule has 0 amide bonds. The van der Waals surface area contributed by atoms with Crippen LogP contribution in [0.15, 0.2) is 15.8 Å². The third-order valence-corrected chi connectivity index (χ3v) is 4.13. The van der Waals surface area contributed by atoms with Crippen LogP contribution in [0.3, 0.4) is 0 Å². The topological polar surface area (TPSA) is 159 Å². The zero-order chi connectivity index (χ0) is 15.9. The molecule has 1 aliphatic heterocycles. The molecule has 4 N–H and O–H groups in total. The average Bonchev–Trinajstić information content (AvgIpc) is 2.65. The Kier molecular flexibility index (Phi) is 4.04. The minimum Gasteiger partial charge on any atom is -0.394 e. The minimum absolute atomic E-state index is 0.290. The first-order valence-corrected chi connectivity index (χ1v) is 7.70. The van der Waals surface area contributed by atoms with Gasteiger partial charge in [0.1, 0.15) is 24.4 Å². The summed E-state index contributed by atoms with van der Waals surface area (Å²) in [5, 5.41) is 28.4. The highest BCUT2D eigenvalue weighted by Gasteiger charge is 2.44. The third kappa shape index (κ3) is 2.78. The smallest absolute Gasteiger partial charge is 0.342 e. The van der Waals surface area contributed by atoms with E-state index in [2.05, 4.69) is 0 Å². The molecule has 4 atom stereocenters. The standard InChI is InChI=1S/C10H14N2O8S/c1-21(18,19)12-2-4(9(16)11-10(12)17)8-7(15)6(14)5(3-13)20-8/h2,5-8,13-15H,3H2,1H3,(H,11,16,17)/t5-,6-,7-,8+/m1/s1. The van der Waals surface area contributed by atoms with Gasteiger partial charge in [0, 0.05) is 6.20 Å². The molecular formula is C10H14N2O8S. The van der Waals surface area contributed by atoms with Crippen LogP contribution in [-0.2, 0) is 14.8 Å². The maximum absolute atomic E-state index is 11.8. The number of hydrogen-bond donors (Lipinski definition) is 4. The van der Waals surface area contributed by atoms with Crippen LogP contribution in [0.25, 0.3) is 0 Å². The van der Waals surface area contributed by atoms with Crippen molar-refractivity contribution in [3.8, 4) is 0 Å². The Hall–Kier alpha value is -1.53. The predicted molar refractivity (Wildman–Crippen MR) is 68.3 cm³/mol. The molecule has 0 unspecified atom stereocenters. The highest BCUT2D eigenvalue weighted by molar-refractivity contribution is 7.89. The summed E-state index contributed by atoms with van der Waals surface area (Å²) in [6, 6.07) is 0. The van der Waals surface area contributed by atoms with E-state index in [0.717, 1.165) is 12.5 Å². The van der Waals surface area contributed by atoms with Crippen molar-refractivity contribution in [2.45, 2.75) is 24.4 Å². The highest BCUT2D eigenvalue weighted by atomic mass is 32.2. The number of aromatic nitrogens is 2. The van der Waals surface area contributed by atoms with E-state index in [1.807, 2.05) is 0 Å². The summed E-state index contributed by atoms with van der Waals surface area (Å²) >= 11 is 0. The quantitative estimate of drug-likeness (QED) is 0.446. The molecule has 1 saturated heterocycles. The number of H-pyrrole nitrogens is 1. The number of aliphatic hydroxyl groups is 3. The number of aliphatic hydroxyl groups excluding tert-OH is 3. The van der Waals surface area contributed by atoms with Gasteiger partial charge in [-0.1, -0.05) is 0 Å². The van der Waals surface area contributed by atoms with Crippen LogP contribution in [0, 0.1) is 0 Å². The molecule has 0 radical (unpaired) electrons. The van der Waals surface area contributed by atoms with E-state index in [4.69, 9.17) is 9.84 Å². The molecule has 11 heteroatoms. The first kappa shape index (κ1) is 15.9. The lowest BCUT2D eigenvalue weighted by Crippen LogP contribution is -2.37. The molecule has 0 saturated carbocycles. The summed E-state index contributed by atoms with van der Waals surface area (Å²) in [7, 11) is -3.97. The van der Waals surface area contributed by atoms with E-state index in [0.29, 0.717) is 3.97 Å². The van der Waals surface area contributed by atoms with E-state index in [-0.39, 0.29) is 5.56 Å². The van der Waals surface area contributed by atoms with Crippen molar-refractivity contribution < 1.29 is 28.5 Å². The van der Waals surface area contributed by atoms with Crippen molar-refractivity contribution in [1.82, 2.24) is 8.96 Å². The Morgan fingerprint density at radius 2 is 1.95 bits per heavy atom. The first-order valence-electron chi connectivity index (χ1n) is 5.85. The van der Waals surface area contributed by atoms with Gasteiger partial charge in [-0.05, 0) is 0 Å². The number of nitrogens with zero attached hydrogens (tertiary/aromatic N) is 1. The van der Waals surface area contributed by atoms with Gasteiger partial charge in [0.25, 0.3) is 5.56 Å². The van der Waals surface area contributed by atoms with Crippen LogP contribution in [0.5, 0.6) is 0 Å². The fraction of sp³-hybridized carbons (Fsp3) is 0.600. The van der Waals surface area contributed by atoms with E-state index in [9.17, 15) is 28.2 Å². The zero-order valence-corrected chi connectivity index (χ0v) is 11.6. The van der Waals surface area contributed by atoms with E-state index in [1.165, 1.54) is 0 Å². The normalized spacial score (nSPS) is 29.7. The second-order valence-electron chi connectivity index (χ2n) is 4.66. The summed E-state index contributed by atoms with van der Waals surface area (Å²) in [6.45, 7) is -0.599. The first-order chi connectivity index (χ1) is 9.66. The summed E-state index contributed by atoms with van der Waals surface area (Å²) in [4.78, 5) is 25.0. The maximum Gasteiger partial charge on any atom is 0.342 e. The number of ether oxygens (including phenoxy) is 1. The lowest BCUT2D eigenvalue weighted by Gasteiger charge is -2.14. The molecule has 118 valence electrons. The van der Waals surface area contributed by atoms with Gasteiger partial charge in [0.2, 0.25) is 10.0 Å². The van der Waals surface area contributed by atoms with Gasteiger partial charge in [-0.2, -0.15) is 3.97 Å². The van der Waals surface area contributed by atoms with Crippen molar-refractivity contribution in [3.05, 3.63) is 32.6 Å². The van der Waals surface area contributed by atoms with E-state index >= 15 is 0 Å². The second kappa shape index (κ2) is 5.35. The van der Waals surface area contributed by atoms with Gasteiger partial charge in [0.15, 0.2) is 0 Å². The number of aromatic amines is 1. The molecule has 0 aliphatic carbocycles. The Labute approximate surface area is 118 Å². The third-order valence-electron chi connectivity index (χ3n) is 3.15. The van der Waals surface area contributed by atoms with E-state index in [1.54, 1.807) is 4.98 Å². The molecule has 0 spiro atoms. The Balaban J connectivity index is 2.56. The van der Waals surface area contributed by atoms with Crippen LogP contribution in [0.1, 0.15) is 11.7 Å². The van der Waals surface area contributed by atoms with E-state index < -0.39 is 52.3 Å². The van der Waals surface area contributed by atoms with Gasteiger partial charge in [0.05, 0.1) is 18.4 Å². The van der Waals surface area contributed by atoms with Gasteiger partial charge in [-0.3, -0.25) is 9.78 Å². The van der Waals surface area contributed by atoms with Crippen molar-refractivity contribution in [1.29, 1.82) is 0 Å². The van der Waals surface area contributed by atoms with Crippen molar-refractivity contribution in [2.24, 2.45) is 0 Å². The van der Waals surface area contributed by atoms with Crippen LogP contribution in [0.2, 0.25) is 0 Å². The van der Waals surface area contributed by atoms with Crippen molar-refractivity contribution >= 4 is 10.0 Å². The Bertz CT molecular complexity index is 751. The monoisotopic (exact) mass is 322 g/mol. The van der Waals surface area contributed by atoms with Gasteiger partial charge < -0.3 is 20.1 Å². The SMILES string of the molecule is CS(=O)(=O)n1cc([C@@H]2O[C@H](CO)[C@@H](O)[C@H]2O)c(=O)[nH]c1=O. The lowest BCUT2D eigenvalue weighted by atomic mass is 10.0. The molecular weight excluding hydrogens is 308 g/mol.